The molecule has 1 saturated heterocycles. The Morgan fingerprint density at radius 1 is 1.56 bits per heavy atom. The van der Waals surface area contributed by atoms with Gasteiger partial charge in [-0.05, 0) is 28.9 Å². The highest BCUT2D eigenvalue weighted by atomic mass is 79.9. The maximum atomic E-state index is 11.4. The Morgan fingerprint density at radius 2 is 2.33 bits per heavy atom. The molecule has 1 aliphatic heterocycles. The summed E-state index contributed by atoms with van der Waals surface area (Å²) in [6.07, 6.45) is 0.551. The van der Waals surface area contributed by atoms with E-state index >= 15 is 0 Å². The molecule has 1 aromatic heterocycles. The lowest BCUT2D eigenvalue weighted by atomic mass is 10.1. The van der Waals surface area contributed by atoms with Crippen LogP contribution in [0.2, 0.25) is 0 Å². The van der Waals surface area contributed by atoms with Crippen LogP contribution in [-0.4, -0.2) is 36.5 Å². The first-order chi connectivity index (χ1) is 8.58. The zero-order valence-corrected chi connectivity index (χ0v) is 12.8. The number of hydrogen-bond acceptors (Lipinski definition) is 4. The van der Waals surface area contributed by atoms with Crippen LogP contribution in [0.3, 0.4) is 0 Å². The predicted octanol–water partition coefficient (Wildman–Crippen LogP) is 1.72. The second-order valence-corrected chi connectivity index (χ2v) is 6.47. The minimum Gasteiger partial charge on any atom is -0.355 e. The van der Waals surface area contributed by atoms with Crippen molar-refractivity contribution in [3.8, 4) is 0 Å². The van der Waals surface area contributed by atoms with Crippen molar-refractivity contribution in [2.24, 2.45) is 5.73 Å². The average Bonchev–Trinajstić information content (AvgIpc) is 2.60. The Balaban J connectivity index is 2.17. The van der Waals surface area contributed by atoms with E-state index in [9.17, 15) is 4.79 Å². The zero-order chi connectivity index (χ0) is 13.1. The average molecular weight is 332 g/mol. The highest BCUT2D eigenvalue weighted by molar-refractivity contribution is 9.10. The van der Waals surface area contributed by atoms with Gasteiger partial charge in [0.15, 0.2) is 0 Å². The van der Waals surface area contributed by atoms with Crippen LogP contribution < -0.4 is 11.1 Å². The number of nitrogens with two attached hydrogens (primary N) is 1. The minimum absolute atomic E-state index is 0.0451. The van der Waals surface area contributed by atoms with E-state index < -0.39 is 0 Å². The Morgan fingerprint density at radius 3 is 2.94 bits per heavy atom. The van der Waals surface area contributed by atoms with Gasteiger partial charge in [0, 0.05) is 46.8 Å². The summed E-state index contributed by atoms with van der Waals surface area (Å²) in [4.78, 5) is 14.9. The minimum atomic E-state index is 0.0451. The Kier molecular flexibility index (Phi) is 4.77. The first-order valence-electron chi connectivity index (χ1n) is 6.08. The van der Waals surface area contributed by atoms with Crippen molar-refractivity contribution in [1.29, 1.82) is 0 Å². The fraction of sp³-hybridized carbons (Fsp3) is 0.583. The Hall–Kier alpha value is -0.430. The molecule has 2 atom stereocenters. The molecular formula is C12H18BrN3OS. The van der Waals surface area contributed by atoms with E-state index in [1.54, 1.807) is 11.3 Å². The molecule has 1 fully saturated rings. The first-order valence-corrected chi connectivity index (χ1v) is 7.75. The van der Waals surface area contributed by atoms with Crippen LogP contribution in [-0.2, 0) is 4.79 Å². The summed E-state index contributed by atoms with van der Waals surface area (Å²) < 4.78 is 1.09. The number of rotatable bonds is 3. The van der Waals surface area contributed by atoms with Gasteiger partial charge in [-0.1, -0.05) is 0 Å². The van der Waals surface area contributed by atoms with Crippen LogP contribution in [0.1, 0.15) is 24.3 Å². The van der Waals surface area contributed by atoms with Crippen molar-refractivity contribution in [2.45, 2.75) is 25.4 Å². The van der Waals surface area contributed by atoms with E-state index in [-0.39, 0.29) is 18.0 Å². The summed E-state index contributed by atoms with van der Waals surface area (Å²) in [5.74, 6) is 0.133. The van der Waals surface area contributed by atoms with Crippen LogP contribution in [0.5, 0.6) is 0 Å². The molecule has 2 heterocycles. The van der Waals surface area contributed by atoms with Crippen molar-refractivity contribution < 1.29 is 4.79 Å². The quantitative estimate of drug-likeness (QED) is 0.886. The highest BCUT2D eigenvalue weighted by Gasteiger charge is 2.27. The van der Waals surface area contributed by atoms with E-state index in [4.69, 9.17) is 5.73 Å². The van der Waals surface area contributed by atoms with Crippen LogP contribution in [0.15, 0.2) is 15.9 Å². The predicted molar refractivity (Wildman–Crippen MR) is 77.6 cm³/mol. The molecule has 6 heteroatoms. The highest BCUT2D eigenvalue weighted by Crippen LogP contribution is 2.31. The van der Waals surface area contributed by atoms with Gasteiger partial charge in [-0.25, -0.2) is 0 Å². The van der Waals surface area contributed by atoms with Crippen molar-refractivity contribution in [2.75, 3.05) is 19.6 Å². The molecule has 2 unspecified atom stereocenters. The number of carbonyl (C=O) groups is 1. The van der Waals surface area contributed by atoms with Crippen molar-refractivity contribution in [3.63, 3.8) is 0 Å². The number of nitrogens with one attached hydrogen (secondary N) is 1. The normalized spacial score (nSPS) is 21.2. The lowest BCUT2D eigenvalue weighted by Crippen LogP contribution is -2.40. The molecule has 0 spiro atoms. The molecule has 0 saturated carbocycles. The van der Waals surface area contributed by atoms with Gasteiger partial charge < -0.3 is 11.1 Å². The number of nitrogens with zero attached hydrogens (tertiary/aromatic N) is 1. The molecule has 1 amide bonds. The third-order valence-corrected chi connectivity index (χ3v) is 4.88. The van der Waals surface area contributed by atoms with Gasteiger partial charge in [0.1, 0.15) is 0 Å². The molecule has 0 bridgehead atoms. The third kappa shape index (κ3) is 3.32. The van der Waals surface area contributed by atoms with Crippen LogP contribution >= 0.6 is 27.3 Å². The van der Waals surface area contributed by atoms with E-state index in [1.807, 2.05) is 6.92 Å². The number of halogens is 1. The van der Waals surface area contributed by atoms with Gasteiger partial charge in [0.05, 0.1) is 6.04 Å². The van der Waals surface area contributed by atoms with Gasteiger partial charge in [-0.2, -0.15) is 0 Å². The summed E-state index contributed by atoms with van der Waals surface area (Å²) in [5, 5.41) is 4.97. The van der Waals surface area contributed by atoms with E-state index in [2.05, 4.69) is 37.6 Å². The lowest BCUT2D eigenvalue weighted by molar-refractivity contribution is -0.120. The number of carbonyl (C=O) groups excluding carboxylic acids is 1. The maximum absolute atomic E-state index is 11.4. The summed E-state index contributed by atoms with van der Waals surface area (Å²) in [5.41, 5.74) is 6.14. The molecule has 100 valence electrons. The molecule has 18 heavy (non-hydrogen) atoms. The second-order valence-electron chi connectivity index (χ2n) is 4.61. The zero-order valence-electron chi connectivity index (χ0n) is 10.4. The molecule has 2 rings (SSSR count). The summed E-state index contributed by atoms with van der Waals surface area (Å²) in [7, 11) is 0. The van der Waals surface area contributed by atoms with Gasteiger partial charge in [-0.15, -0.1) is 11.3 Å². The summed E-state index contributed by atoms with van der Waals surface area (Å²) in [6.45, 7) is 4.36. The first kappa shape index (κ1) is 14.0. The van der Waals surface area contributed by atoms with Crippen molar-refractivity contribution in [1.82, 2.24) is 10.2 Å². The molecule has 3 N–H and O–H groups in total. The number of thiophene rings is 1. The fourth-order valence-corrected chi connectivity index (χ4v) is 4.01. The molecular weight excluding hydrogens is 314 g/mol. The fourth-order valence-electron chi connectivity index (χ4n) is 2.32. The van der Waals surface area contributed by atoms with Crippen LogP contribution in [0, 0.1) is 0 Å². The molecule has 0 radical (unpaired) electrons. The van der Waals surface area contributed by atoms with E-state index in [1.165, 1.54) is 4.88 Å². The molecule has 1 aliphatic rings. The van der Waals surface area contributed by atoms with Crippen molar-refractivity contribution in [3.05, 3.63) is 20.8 Å². The molecule has 0 aromatic carbocycles. The third-order valence-electron chi connectivity index (χ3n) is 3.12. The smallest absolute Gasteiger partial charge is 0.221 e. The van der Waals surface area contributed by atoms with Crippen molar-refractivity contribution >= 4 is 33.2 Å². The van der Waals surface area contributed by atoms with Gasteiger partial charge >= 0.3 is 0 Å². The summed E-state index contributed by atoms with van der Waals surface area (Å²) in [6, 6.07) is 2.36. The van der Waals surface area contributed by atoms with Gasteiger partial charge in [0.2, 0.25) is 5.91 Å². The topological polar surface area (TPSA) is 58.4 Å². The monoisotopic (exact) mass is 331 g/mol. The van der Waals surface area contributed by atoms with Crippen LogP contribution in [0.25, 0.3) is 0 Å². The second kappa shape index (κ2) is 6.14. The van der Waals surface area contributed by atoms with E-state index in [0.717, 1.165) is 17.6 Å². The number of amides is 1. The van der Waals surface area contributed by atoms with Gasteiger partial charge in [0.25, 0.3) is 0 Å². The Labute approximate surface area is 120 Å². The summed E-state index contributed by atoms with van der Waals surface area (Å²) >= 11 is 5.20. The largest absolute Gasteiger partial charge is 0.355 e. The maximum Gasteiger partial charge on any atom is 0.221 e. The molecule has 0 aliphatic carbocycles. The Bertz CT molecular complexity index is 421. The van der Waals surface area contributed by atoms with Crippen LogP contribution in [0.4, 0.5) is 0 Å². The van der Waals surface area contributed by atoms with Gasteiger partial charge in [-0.3, -0.25) is 9.69 Å². The lowest BCUT2D eigenvalue weighted by Gasteiger charge is -2.32. The SMILES string of the molecule is CC(N)C(c1cc(Br)cs1)N1CCNC(=O)CC1. The number of hydrogen-bond donors (Lipinski definition) is 2. The molecule has 4 nitrogen and oxygen atoms in total. The standard InChI is InChI=1S/C12H18BrN3OS/c1-8(14)12(10-6-9(13)7-18-10)16-4-2-11(17)15-3-5-16/h6-8,12H,2-5,14H2,1H3,(H,15,17). The van der Waals surface area contributed by atoms with E-state index in [0.29, 0.717) is 13.0 Å². The molecule has 1 aromatic rings.